The topological polar surface area (TPSA) is 144 Å². The summed E-state index contributed by atoms with van der Waals surface area (Å²) in [6, 6.07) is 17.1. The number of nitrogens with one attached hydrogen (secondary N) is 2. The van der Waals surface area contributed by atoms with Gasteiger partial charge in [-0.25, -0.2) is 28.1 Å². The van der Waals surface area contributed by atoms with Gasteiger partial charge in [-0.15, -0.1) is 23.0 Å². The minimum absolute atomic E-state index is 0. The molecule has 3 heterocycles. The van der Waals surface area contributed by atoms with Crippen LogP contribution in [-0.4, -0.2) is 45.8 Å². The molecule has 14 heteroatoms. The average Bonchev–Trinajstić information content (AvgIpc) is 3.49. The van der Waals surface area contributed by atoms with Crippen LogP contribution in [0.4, 0.5) is 11.6 Å². The Bertz CT molecular complexity index is 1660. The van der Waals surface area contributed by atoms with Crippen LogP contribution in [0.1, 0.15) is 0 Å². The second-order valence-corrected chi connectivity index (χ2v) is 10.1. The van der Waals surface area contributed by atoms with Crippen LogP contribution in [0.15, 0.2) is 77.3 Å². The maximum Gasteiger partial charge on any atom is 0.240 e. The molecule has 0 aliphatic heterocycles. The quantitative estimate of drug-likeness (QED) is 0.112. The Morgan fingerprint density at radius 3 is 2.70 bits per heavy atom. The molecule has 0 bridgehead atoms. The fourth-order valence-electron chi connectivity index (χ4n) is 3.56. The van der Waals surface area contributed by atoms with E-state index in [-0.39, 0.29) is 56.4 Å². The third kappa shape index (κ3) is 5.91. The largest absolute Gasteiger partial charge is 0.353 e. The molecule has 11 nitrogen and oxygen atoms in total. The van der Waals surface area contributed by atoms with Crippen molar-refractivity contribution in [3.63, 3.8) is 0 Å². The van der Waals surface area contributed by atoms with Gasteiger partial charge in [0, 0.05) is 68.5 Å². The van der Waals surface area contributed by atoms with E-state index < -0.39 is 14.9 Å². The number of anilines is 1. The van der Waals surface area contributed by atoms with Crippen molar-refractivity contribution in [1.82, 2.24) is 24.1 Å². The molecule has 1 radical (unpaired) electrons. The Hall–Kier alpha value is -3.10. The number of sulfonamides is 1. The number of imidazole rings is 1. The monoisotopic (exact) mass is 609 g/mol. The molecule has 0 aliphatic rings. The van der Waals surface area contributed by atoms with E-state index >= 15 is 0 Å². The van der Waals surface area contributed by atoms with Gasteiger partial charge in [0.1, 0.15) is 0 Å². The van der Waals surface area contributed by atoms with Crippen molar-refractivity contribution in [1.29, 1.82) is 0 Å². The van der Waals surface area contributed by atoms with Gasteiger partial charge in [0.05, 0.1) is 22.0 Å². The number of thiazole rings is 1. The summed E-state index contributed by atoms with van der Waals surface area (Å²) in [5.74, 6) is 0.301. The van der Waals surface area contributed by atoms with Crippen LogP contribution in [-0.2, 0) is 42.7 Å². The van der Waals surface area contributed by atoms with E-state index in [0.29, 0.717) is 33.6 Å². The van der Waals surface area contributed by atoms with Crippen LogP contribution in [0.3, 0.4) is 0 Å². The Kier molecular flexibility index (Phi) is 8.40. The summed E-state index contributed by atoms with van der Waals surface area (Å²) in [7, 11) is -3.61. The molecule has 0 fully saturated rings. The number of nitro groups is 1. The molecule has 5 aromatic rings. The molecule has 2 N–H and O–H groups in total. The van der Waals surface area contributed by atoms with Crippen LogP contribution < -0.4 is 10.0 Å². The van der Waals surface area contributed by atoms with Gasteiger partial charge in [0.15, 0.2) is 10.6 Å². The standard InChI is InChI=1S/C23H18N7O4S2.Y/c31-30(32)17-6-4-5-16(15-17)20-21(29-13-14-35-23(29)28-20)19-9-10-24-22(27-19)25-11-12-26-36(33,34)18-7-2-1-3-8-18;/h1-5,7-10,13-15,26H,11-12H2,(H,24,25,27);/q-1;. The third-order valence-electron chi connectivity index (χ3n) is 5.17. The van der Waals surface area contributed by atoms with Gasteiger partial charge in [-0.1, -0.05) is 24.3 Å². The average molecular weight is 609 g/mol. The van der Waals surface area contributed by atoms with E-state index in [1.54, 1.807) is 36.5 Å². The molecule has 185 valence electrons. The molecule has 0 unspecified atom stereocenters. The van der Waals surface area contributed by atoms with Crippen molar-refractivity contribution in [2.45, 2.75) is 4.90 Å². The van der Waals surface area contributed by atoms with Crippen molar-refractivity contribution >= 4 is 38.0 Å². The molecule has 0 spiro atoms. The van der Waals surface area contributed by atoms with E-state index in [2.05, 4.69) is 31.1 Å². The summed E-state index contributed by atoms with van der Waals surface area (Å²) >= 11 is 1.43. The van der Waals surface area contributed by atoms with Gasteiger partial charge >= 0.3 is 0 Å². The third-order valence-corrected chi connectivity index (χ3v) is 7.40. The van der Waals surface area contributed by atoms with E-state index in [4.69, 9.17) is 0 Å². The Morgan fingerprint density at radius 2 is 1.92 bits per heavy atom. The number of benzene rings is 2. The summed E-state index contributed by atoms with van der Waals surface area (Å²) in [5.41, 5.74) is 2.16. The van der Waals surface area contributed by atoms with Crippen molar-refractivity contribution in [2.75, 3.05) is 18.4 Å². The molecule has 0 saturated carbocycles. The molecule has 0 saturated heterocycles. The van der Waals surface area contributed by atoms with Crippen molar-refractivity contribution in [3.05, 3.63) is 88.6 Å². The minimum atomic E-state index is -3.61. The van der Waals surface area contributed by atoms with Gasteiger partial charge in [0.2, 0.25) is 16.0 Å². The van der Waals surface area contributed by atoms with Crippen LogP contribution in [0.2, 0.25) is 0 Å². The van der Waals surface area contributed by atoms with Crippen LogP contribution in [0.5, 0.6) is 0 Å². The van der Waals surface area contributed by atoms with Crippen LogP contribution in [0, 0.1) is 16.2 Å². The molecule has 3 aromatic heterocycles. The van der Waals surface area contributed by atoms with Crippen molar-refractivity contribution in [2.24, 2.45) is 0 Å². The summed E-state index contributed by atoms with van der Waals surface area (Å²) in [5, 5.41) is 16.2. The molecule has 0 atom stereocenters. The van der Waals surface area contributed by atoms with Crippen molar-refractivity contribution in [3.8, 4) is 22.6 Å². The number of hydrogen-bond donors (Lipinski definition) is 2. The molecule has 0 aliphatic carbocycles. The zero-order valence-corrected chi connectivity index (χ0v) is 23.6. The fraction of sp³-hybridized carbons (Fsp3) is 0.0870. The van der Waals surface area contributed by atoms with E-state index in [9.17, 15) is 18.5 Å². The predicted molar refractivity (Wildman–Crippen MR) is 135 cm³/mol. The summed E-state index contributed by atoms with van der Waals surface area (Å²) in [6.07, 6.45) is 3.43. The number of non-ortho nitro benzene ring substituents is 1. The number of nitrogens with zero attached hydrogens (tertiary/aromatic N) is 5. The molecule has 37 heavy (non-hydrogen) atoms. The van der Waals surface area contributed by atoms with Crippen molar-refractivity contribution < 1.29 is 46.1 Å². The second-order valence-electron chi connectivity index (χ2n) is 7.49. The predicted octanol–water partition coefficient (Wildman–Crippen LogP) is 3.62. The van der Waals surface area contributed by atoms with Crippen LogP contribution >= 0.6 is 11.3 Å². The fourth-order valence-corrected chi connectivity index (χ4v) is 5.32. The summed E-state index contributed by atoms with van der Waals surface area (Å²) in [6.45, 7) is 0.380. The Balaban J connectivity index is 0.00000320. The van der Waals surface area contributed by atoms with Crippen LogP contribution in [0.25, 0.3) is 27.6 Å². The summed E-state index contributed by atoms with van der Waals surface area (Å²) in [4.78, 5) is 25.1. The van der Waals surface area contributed by atoms with Gasteiger partial charge in [0.25, 0.3) is 0 Å². The van der Waals surface area contributed by atoms with Gasteiger partial charge in [-0.05, 0) is 18.2 Å². The van der Waals surface area contributed by atoms with E-state index in [1.807, 2.05) is 16.0 Å². The van der Waals surface area contributed by atoms with Gasteiger partial charge in [-0.3, -0.25) is 14.5 Å². The number of rotatable bonds is 9. The smallest absolute Gasteiger partial charge is 0.240 e. The zero-order valence-electron chi connectivity index (χ0n) is 19.1. The SMILES string of the molecule is O=[N+]([O-])c1[c-]ccc(-c2nc3sccn3c2-c2ccnc(NCCNS(=O)(=O)c3ccccc3)n2)c1.[Y]. The Morgan fingerprint density at radius 1 is 1.11 bits per heavy atom. The first-order valence-electron chi connectivity index (χ1n) is 10.7. The van der Waals surface area contributed by atoms with Gasteiger partial charge < -0.3 is 5.32 Å². The molecule has 5 rings (SSSR count). The minimum Gasteiger partial charge on any atom is -0.353 e. The molecule has 2 aromatic carbocycles. The maximum absolute atomic E-state index is 12.4. The number of hydrogen-bond acceptors (Lipinski definition) is 9. The molecule has 0 amide bonds. The van der Waals surface area contributed by atoms with E-state index in [1.165, 1.54) is 35.6 Å². The first-order valence-corrected chi connectivity index (χ1v) is 13.0. The number of aromatic nitrogens is 4. The second kappa shape index (κ2) is 11.5. The number of fused-ring (bicyclic) bond motifs is 1. The van der Waals surface area contributed by atoms with Gasteiger partial charge in [-0.2, -0.15) is 12.1 Å². The first kappa shape index (κ1) is 27.0. The maximum atomic E-state index is 12.4. The number of nitro benzene ring substituents is 1. The Labute approximate surface area is 241 Å². The molecular weight excluding hydrogens is 591 g/mol. The first-order chi connectivity index (χ1) is 17.4. The zero-order chi connectivity index (χ0) is 25.1. The normalized spacial score (nSPS) is 11.2. The van der Waals surface area contributed by atoms with E-state index in [0.717, 1.165) is 0 Å². The summed E-state index contributed by atoms with van der Waals surface area (Å²) < 4.78 is 29.1. The molecular formula is C23H18N7O4S2Y-.